The molecule has 0 spiro atoms. The van der Waals surface area contributed by atoms with Gasteiger partial charge in [0.25, 0.3) is 0 Å². The van der Waals surface area contributed by atoms with Gasteiger partial charge in [-0.05, 0) is 69.7 Å². The van der Waals surface area contributed by atoms with E-state index < -0.39 is 5.97 Å². The van der Waals surface area contributed by atoms with Gasteiger partial charge >= 0.3 is 5.97 Å². The summed E-state index contributed by atoms with van der Waals surface area (Å²) in [6.07, 6.45) is 0. The highest BCUT2D eigenvalue weighted by Crippen LogP contribution is 2.25. The second kappa shape index (κ2) is 5.96. The molecule has 0 radical (unpaired) electrons. The van der Waals surface area contributed by atoms with Crippen LogP contribution in [0.5, 0.6) is 0 Å². The van der Waals surface area contributed by atoms with Crippen LogP contribution in [0.15, 0.2) is 33.2 Å². The summed E-state index contributed by atoms with van der Waals surface area (Å²) in [6.45, 7) is 2.27. The fourth-order valence-electron chi connectivity index (χ4n) is 1.62. The highest BCUT2D eigenvalue weighted by Gasteiger charge is 2.13. The topological polar surface area (TPSA) is 62.5 Å². The predicted octanol–water partition coefficient (Wildman–Crippen LogP) is 4.27. The molecule has 1 heterocycles. The number of halogens is 2. The number of carboxylic acids is 1. The van der Waals surface area contributed by atoms with Crippen LogP contribution < -0.4 is 5.32 Å². The van der Waals surface area contributed by atoms with Crippen molar-refractivity contribution in [3.05, 3.63) is 49.4 Å². The van der Waals surface area contributed by atoms with Gasteiger partial charge in [0.15, 0.2) is 0 Å². The number of aryl methyl sites for hydroxylation is 1. The van der Waals surface area contributed by atoms with Gasteiger partial charge in [-0.2, -0.15) is 0 Å². The highest BCUT2D eigenvalue weighted by molar-refractivity contribution is 14.1. The maximum Gasteiger partial charge on any atom is 0.371 e. The molecule has 2 N–H and O–H groups in total. The molecule has 0 unspecified atom stereocenters. The SMILES string of the molecule is Cc1oc(C(=O)O)cc1CNc1cc(I)ccc1Br. The monoisotopic (exact) mass is 435 g/mol. The molecular weight excluding hydrogens is 425 g/mol. The third-order valence-corrected chi connectivity index (χ3v) is 3.99. The Labute approximate surface area is 132 Å². The number of aromatic carboxylic acids is 1. The summed E-state index contributed by atoms with van der Waals surface area (Å²) in [5.41, 5.74) is 1.80. The zero-order valence-corrected chi connectivity index (χ0v) is 13.8. The van der Waals surface area contributed by atoms with Gasteiger partial charge < -0.3 is 14.8 Å². The highest BCUT2D eigenvalue weighted by atomic mass is 127. The lowest BCUT2D eigenvalue weighted by atomic mass is 10.2. The van der Waals surface area contributed by atoms with Crippen LogP contribution in [-0.4, -0.2) is 11.1 Å². The molecule has 0 aliphatic rings. The first kappa shape index (κ1) is 14.4. The maximum atomic E-state index is 10.8. The first-order valence-corrected chi connectivity index (χ1v) is 7.36. The fraction of sp³-hybridized carbons (Fsp3) is 0.154. The molecule has 1 aromatic heterocycles. The second-order valence-electron chi connectivity index (χ2n) is 3.97. The molecule has 100 valence electrons. The number of nitrogens with one attached hydrogen (secondary N) is 1. The summed E-state index contributed by atoms with van der Waals surface area (Å²) in [6, 6.07) is 7.53. The van der Waals surface area contributed by atoms with Crippen molar-refractivity contribution < 1.29 is 14.3 Å². The summed E-state index contributed by atoms with van der Waals surface area (Å²) in [5, 5.41) is 12.1. The van der Waals surface area contributed by atoms with E-state index in [2.05, 4.69) is 43.8 Å². The molecule has 4 nitrogen and oxygen atoms in total. The van der Waals surface area contributed by atoms with Gasteiger partial charge in [-0.25, -0.2) is 4.79 Å². The molecule has 0 amide bonds. The number of carbonyl (C=O) groups is 1. The lowest BCUT2D eigenvalue weighted by molar-refractivity contribution is 0.0661. The zero-order chi connectivity index (χ0) is 14.0. The molecular formula is C13H11BrINO3. The molecule has 0 saturated carbocycles. The second-order valence-corrected chi connectivity index (χ2v) is 6.07. The minimum absolute atomic E-state index is 0.0315. The Hall–Kier alpha value is -1.02. The lowest BCUT2D eigenvalue weighted by Crippen LogP contribution is -2.00. The van der Waals surface area contributed by atoms with Gasteiger partial charge in [0.1, 0.15) is 5.76 Å². The van der Waals surface area contributed by atoms with Crippen molar-refractivity contribution in [2.75, 3.05) is 5.32 Å². The van der Waals surface area contributed by atoms with Gasteiger partial charge in [0.05, 0.1) is 0 Å². The van der Waals surface area contributed by atoms with Gasteiger partial charge in [-0.3, -0.25) is 0 Å². The van der Waals surface area contributed by atoms with Crippen LogP contribution in [0.4, 0.5) is 5.69 Å². The number of rotatable bonds is 4. The van der Waals surface area contributed by atoms with E-state index in [0.717, 1.165) is 19.3 Å². The zero-order valence-electron chi connectivity index (χ0n) is 10.0. The molecule has 2 rings (SSSR count). The van der Waals surface area contributed by atoms with Gasteiger partial charge in [-0.15, -0.1) is 0 Å². The van der Waals surface area contributed by atoms with E-state index in [0.29, 0.717) is 12.3 Å². The minimum atomic E-state index is -1.05. The minimum Gasteiger partial charge on any atom is -0.475 e. The molecule has 0 bridgehead atoms. The van der Waals surface area contributed by atoms with Gasteiger partial charge in [-0.1, -0.05) is 0 Å². The van der Waals surface area contributed by atoms with Crippen LogP contribution in [0.1, 0.15) is 21.9 Å². The van der Waals surface area contributed by atoms with Gasteiger partial charge in [0.2, 0.25) is 5.76 Å². The van der Waals surface area contributed by atoms with E-state index in [9.17, 15) is 4.79 Å². The molecule has 19 heavy (non-hydrogen) atoms. The van der Waals surface area contributed by atoms with Crippen molar-refractivity contribution in [3.63, 3.8) is 0 Å². The van der Waals surface area contributed by atoms with Crippen molar-refractivity contribution in [3.8, 4) is 0 Å². The fourth-order valence-corrected chi connectivity index (χ4v) is 2.50. The molecule has 0 aliphatic heterocycles. The van der Waals surface area contributed by atoms with E-state index >= 15 is 0 Å². The van der Waals surface area contributed by atoms with Crippen molar-refractivity contribution >= 4 is 50.2 Å². The standard InChI is InChI=1S/C13H11BrINO3/c1-7-8(4-12(19-7)13(17)18)6-16-11-5-9(15)2-3-10(11)14/h2-5,16H,6H2,1H3,(H,17,18). The van der Waals surface area contributed by atoms with Crippen molar-refractivity contribution in [2.45, 2.75) is 13.5 Å². The molecule has 0 saturated heterocycles. The number of furan rings is 1. The summed E-state index contributed by atoms with van der Waals surface area (Å²) in [5.74, 6) is -0.465. The summed E-state index contributed by atoms with van der Waals surface area (Å²) >= 11 is 5.71. The van der Waals surface area contributed by atoms with Crippen molar-refractivity contribution in [2.24, 2.45) is 0 Å². The summed E-state index contributed by atoms with van der Waals surface area (Å²) in [7, 11) is 0. The Morgan fingerprint density at radius 1 is 1.47 bits per heavy atom. The number of hydrogen-bond acceptors (Lipinski definition) is 3. The van der Waals surface area contributed by atoms with Crippen molar-refractivity contribution in [1.82, 2.24) is 0 Å². The number of anilines is 1. The lowest BCUT2D eigenvalue weighted by Gasteiger charge is -2.08. The van der Waals surface area contributed by atoms with Crippen LogP contribution in [-0.2, 0) is 6.54 Å². The summed E-state index contributed by atoms with van der Waals surface area (Å²) < 4.78 is 7.25. The van der Waals surface area contributed by atoms with Crippen LogP contribution in [0.3, 0.4) is 0 Å². The third kappa shape index (κ3) is 3.50. The van der Waals surface area contributed by atoms with E-state index in [4.69, 9.17) is 9.52 Å². The first-order chi connectivity index (χ1) is 8.97. The van der Waals surface area contributed by atoms with E-state index in [1.54, 1.807) is 13.0 Å². The molecule has 0 atom stereocenters. The number of carboxylic acid groups (broad SMARTS) is 1. The average molecular weight is 436 g/mol. The Balaban J connectivity index is 2.14. The average Bonchev–Trinajstić information content (AvgIpc) is 2.72. The number of benzene rings is 1. The van der Waals surface area contributed by atoms with Crippen molar-refractivity contribution in [1.29, 1.82) is 0 Å². The Bertz CT molecular complexity index is 624. The molecule has 0 fully saturated rings. The molecule has 1 aromatic carbocycles. The maximum absolute atomic E-state index is 10.8. The largest absolute Gasteiger partial charge is 0.475 e. The van der Waals surface area contributed by atoms with Gasteiger partial charge in [0, 0.05) is 25.8 Å². The summed E-state index contributed by atoms with van der Waals surface area (Å²) in [4.78, 5) is 10.8. The molecule has 2 aromatic rings. The Kier molecular flexibility index (Phi) is 4.51. The Morgan fingerprint density at radius 3 is 2.84 bits per heavy atom. The predicted molar refractivity (Wildman–Crippen MR) is 84.6 cm³/mol. The third-order valence-electron chi connectivity index (χ3n) is 2.63. The van der Waals surface area contributed by atoms with Crippen LogP contribution >= 0.6 is 38.5 Å². The number of hydrogen-bond donors (Lipinski definition) is 2. The van der Waals surface area contributed by atoms with E-state index in [-0.39, 0.29) is 5.76 Å². The smallest absolute Gasteiger partial charge is 0.371 e. The van der Waals surface area contributed by atoms with E-state index in [1.807, 2.05) is 18.2 Å². The quantitative estimate of drug-likeness (QED) is 0.704. The van der Waals surface area contributed by atoms with Crippen LogP contribution in [0.25, 0.3) is 0 Å². The Morgan fingerprint density at radius 2 is 2.21 bits per heavy atom. The van der Waals surface area contributed by atoms with Crippen LogP contribution in [0, 0.1) is 10.5 Å². The van der Waals surface area contributed by atoms with E-state index in [1.165, 1.54) is 0 Å². The molecule has 0 aliphatic carbocycles. The first-order valence-electron chi connectivity index (χ1n) is 5.49. The molecule has 6 heteroatoms. The van der Waals surface area contributed by atoms with Crippen LogP contribution in [0.2, 0.25) is 0 Å². The normalized spacial score (nSPS) is 10.5.